The first-order valence-electron chi connectivity index (χ1n) is 10.4. The van der Waals surface area contributed by atoms with E-state index in [4.69, 9.17) is 16.6 Å². The molecule has 1 fully saturated rings. The van der Waals surface area contributed by atoms with E-state index < -0.39 is 5.82 Å². The summed E-state index contributed by atoms with van der Waals surface area (Å²) in [5, 5.41) is 8.06. The second kappa shape index (κ2) is 7.92. The molecule has 5 rings (SSSR count). The summed E-state index contributed by atoms with van der Waals surface area (Å²) in [6, 6.07) is 5.04. The van der Waals surface area contributed by atoms with Gasteiger partial charge in [0, 0.05) is 36.8 Å². The molecule has 1 aliphatic heterocycles. The molecule has 0 atom stereocenters. The maximum atomic E-state index is 13.6. The van der Waals surface area contributed by atoms with Crippen LogP contribution in [0.1, 0.15) is 44.5 Å². The Morgan fingerprint density at radius 2 is 2.00 bits per heavy atom. The Balaban J connectivity index is 1.40. The highest BCUT2D eigenvalue weighted by molar-refractivity contribution is 6.31. The van der Waals surface area contributed by atoms with Gasteiger partial charge in [0.2, 0.25) is 0 Å². The molecule has 1 aromatic carbocycles. The highest BCUT2D eigenvalue weighted by Crippen LogP contribution is 2.34. The van der Waals surface area contributed by atoms with Crippen molar-refractivity contribution in [3.05, 3.63) is 53.6 Å². The summed E-state index contributed by atoms with van der Waals surface area (Å²) in [5.74, 6) is 1.91. The molecular weight excluding hydrogens is 417 g/mol. The van der Waals surface area contributed by atoms with E-state index in [1.54, 1.807) is 24.7 Å². The summed E-state index contributed by atoms with van der Waals surface area (Å²) in [7, 11) is 0. The number of nitrogens with one attached hydrogen (secondary N) is 1. The lowest BCUT2D eigenvalue weighted by molar-refractivity contribution is 0.448. The molecule has 9 heteroatoms. The Morgan fingerprint density at radius 3 is 2.74 bits per heavy atom. The van der Waals surface area contributed by atoms with E-state index in [1.807, 2.05) is 0 Å². The number of rotatable bonds is 4. The number of aromatic nitrogens is 6. The number of imidazole rings is 1. The SMILES string of the molecule is CC(C)n1cc(-c2ccc(F)c(Cl)c2)nc1C1CCN(c2ncnc3[nH]ncc23)CC1. The standard InChI is InChI=1S/C22H23ClFN7/c1-13(2)31-11-19(15-3-4-18(24)17(23)9-15)28-21(31)14-5-7-30(8-6-14)22-16-10-27-29-20(16)25-12-26-22/h3-4,9-14H,5-8H2,1-2H3,(H,25,26,27,29). The summed E-state index contributed by atoms with van der Waals surface area (Å²) in [6.07, 6.45) is 7.35. The fourth-order valence-corrected chi connectivity index (χ4v) is 4.45. The Kier molecular flexibility index (Phi) is 5.09. The van der Waals surface area contributed by atoms with Gasteiger partial charge in [-0.1, -0.05) is 11.6 Å². The Morgan fingerprint density at radius 1 is 1.19 bits per heavy atom. The number of piperidine rings is 1. The van der Waals surface area contributed by atoms with E-state index in [2.05, 4.69) is 49.7 Å². The van der Waals surface area contributed by atoms with E-state index in [0.29, 0.717) is 5.92 Å². The smallest absolute Gasteiger partial charge is 0.160 e. The van der Waals surface area contributed by atoms with E-state index in [1.165, 1.54) is 6.07 Å². The predicted octanol–water partition coefficient (Wildman–Crippen LogP) is 4.97. The number of halogens is 2. The summed E-state index contributed by atoms with van der Waals surface area (Å²) in [5.41, 5.74) is 2.40. The van der Waals surface area contributed by atoms with Gasteiger partial charge >= 0.3 is 0 Å². The zero-order valence-electron chi connectivity index (χ0n) is 17.4. The minimum absolute atomic E-state index is 0.113. The molecule has 0 unspecified atom stereocenters. The molecular formula is C22H23ClFN7. The van der Waals surface area contributed by atoms with E-state index in [0.717, 1.165) is 59.9 Å². The lowest BCUT2D eigenvalue weighted by atomic mass is 9.95. The molecule has 0 saturated carbocycles. The molecule has 31 heavy (non-hydrogen) atoms. The molecule has 0 bridgehead atoms. The van der Waals surface area contributed by atoms with E-state index in [9.17, 15) is 4.39 Å². The number of aromatic amines is 1. The molecule has 0 aliphatic carbocycles. The number of H-pyrrole nitrogens is 1. The number of benzene rings is 1. The van der Waals surface area contributed by atoms with Gasteiger partial charge in [0.15, 0.2) is 5.65 Å². The van der Waals surface area contributed by atoms with Crippen molar-refractivity contribution in [2.75, 3.05) is 18.0 Å². The highest BCUT2D eigenvalue weighted by atomic mass is 35.5. The normalized spacial score (nSPS) is 15.3. The second-order valence-corrected chi connectivity index (χ2v) is 8.61. The van der Waals surface area contributed by atoms with Crippen molar-refractivity contribution >= 4 is 28.5 Å². The van der Waals surface area contributed by atoms with Crippen LogP contribution in [0.4, 0.5) is 10.2 Å². The van der Waals surface area contributed by atoms with Crippen LogP contribution in [0.5, 0.6) is 0 Å². The lowest BCUT2D eigenvalue weighted by Crippen LogP contribution is -2.34. The Labute approximate surface area is 184 Å². The molecule has 1 N–H and O–H groups in total. The summed E-state index contributed by atoms with van der Waals surface area (Å²) >= 11 is 6.00. The topological polar surface area (TPSA) is 75.5 Å². The van der Waals surface area contributed by atoms with Gasteiger partial charge in [0.25, 0.3) is 0 Å². The van der Waals surface area contributed by atoms with E-state index >= 15 is 0 Å². The molecule has 3 aromatic heterocycles. The quantitative estimate of drug-likeness (QED) is 0.485. The van der Waals surface area contributed by atoms with Gasteiger partial charge in [-0.15, -0.1) is 0 Å². The molecule has 160 valence electrons. The van der Waals surface area contributed by atoms with Gasteiger partial charge in [0.05, 0.1) is 22.3 Å². The fourth-order valence-electron chi connectivity index (χ4n) is 4.27. The van der Waals surface area contributed by atoms with E-state index in [-0.39, 0.29) is 11.1 Å². The molecule has 1 saturated heterocycles. The van der Waals surface area contributed by atoms with Crippen molar-refractivity contribution in [3.8, 4) is 11.3 Å². The zero-order valence-corrected chi connectivity index (χ0v) is 18.1. The van der Waals surface area contributed by atoms with Crippen LogP contribution >= 0.6 is 11.6 Å². The van der Waals surface area contributed by atoms with Crippen LogP contribution in [0.2, 0.25) is 5.02 Å². The molecule has 7 nitrogen and oxygen atoms in total. The predicted molar refractivity (Wildman–Crippen MR) is 119 cm³/mol. The van der Waals surface area contributed by atoms with Crippen LogP contribution in [0.15, 0.2) is 36.9 Å². The molecule has 1 aliphatic rings. The molecule has 4 aromatic rings. The zero-order chi connectivity index (χ0) is 21.5. The third kappa shape index (κ3) is 3.65. The van der Waals surface area contributed by atoms with Gasteiger partial charge in [-0.3, -0.25) is 5.10 Å². The number of nitrogens with zero attached hydrogens (tertiary/aromatic N) is 6. The van der Waals surface area contributed by atoms with Crippen LogP contribution in [-0.2, 0) is 0 Å². The number of anilines is 1. The largest absolute Gasteiger partial charge is 0.356 e. The van der Waals surface area contributed by atoms with Crippen molar-refractivity contribution in [3.63, 3.8) is 0 Å². The Bertz CT molecular complexity index is 1220. The monoisotopic (exact) mass is 439 g/mol. The highest BCUT2D eigenvalue weighted by Gasteiger charge is 2.27. The number of hydrogen-bond acceptors (Lipinski definition) is 5. The molecule has 0 radical (unpaired) electrons. The van der Waals surface area contributed by atoms with Crippen molar-refractivity contribution in [1.82, 2.24) is 29.7 Å². The third-order valence-corrected chi connectivity index (χ3v) is 6.21. The average Bonchev–Trinajstić information content (AvgIpc) is 3.43. The van der Waals surface area contributed by atoms with Gasteiger partial charge < -0.3 is 9.47 Å². The van der Waals surface area contributed by atoms with Crippen LogP contribution in [0.25, 0.3) is 22.3 Å². The average molecular weight is 440 g/mol. The van der Waals surface area contributed by atoms with Gasteiger partial charge in [-0.25, -0.2) is 19.3 Å². The number of hydrogen-bond donors (Lipinski definition) is 1. The maximum Gasteiger partial charge on any atom is 0.160 e. The fraction of sp³-hybridized carbons (Fsp3) is 0.364. The first kappa shape index (κ1) is 19.9. The first-order chi connectivity index (χ1) is 15.0. The van der Waals surface area contributed by atoms with Crippen LogP contribution in [-0.4, -0.2) is 42.8 Å². The minimum atomic E-state index is -0.419. The lowest BCUT2D eigenvalue weighted by Gasteiger charge is -2.33. The molecule has 4 heterocycles. The van der Waals surface area contributed by atoms with Crippen molar-refractivity contribution in [1.29, 1.82) is 0 Å². The summed E-state index contributed by atoms with van der Waals surface area (Å²) < 4.78 is 15.8. The number of fused-ring (bicyclic) bond motifs is 1. The summed E-state index contributed by atoms with van der Waals surface area (Å²) in [6.45, 7) is 6.06. The van der Waals surface area contributed by atoms with Crippen molar-refractivity contribution in [2.45, 2.75) is 38.6 Å². The molecule has 0 spiro atoms. The maximum absolute atomic E-state index is 13.6. The Hall–Kier alpha value is -3.00. The van der Waals surface area contributed by atoms with Gasteiger partial charge in [0.1, 0.15) is 23.8 Å². The van der Waals surface area contributed by atoms with Gasteiger partial charge in [-0.2, -0.15) is 5.10 Å². The second-order valence-electron chi connectivity index (χ2n) is 8.21. The van der Waals surface area contributed by atoms with Crippen LogP contribution < -0.4 is 4.90 Å². The third-order valence-electron chi connectivity index (χ3n) is 5.92. The summed E-state index contributed by atoms with van der Waals surface area (Å²) in [4.78, 5) is 16.0. The van der Waals surface area contributed by atoms with Crippen molar-refractivity contribution < 1.29 is 4.39 Å². The minimum Gasteiger partial charge on any atom is -0.356 e. The van der Waals surface area contributed by atoms with Crippen molar-refractivity contribution in [2.24, 2.45) is 0 Å². The first-order valence-corrected chi connectivity index (χ1v) is 10.8. The van der Waals surface area contributed by atoms with Gasteiger partial charge in [-0.05, 0) is 44.9 Å². The van der Waals surface area contributed by atoms with Crippen LogP contribution in [0, 0.1) is 5.82 Å². The molecule has 0 amide bonds. The van der Waals surface area contributed by atoms with Crippen LogP contribution in [0.3, 0.4) is 0 Å².